The molecule has 3 rings (SSSR count). The first-order chi connectivity index (χ1) is 8.28. The molecule has 1 aromatic carbocycles. The number of carbonyl (C=O) groups is 1. The molecule has 1 aromatic rings. The van der Waals surface area contributed by atoms with Crippen LogP contribution >= 0.6 is 0 Å². The van der Waals surface area contributed by atoms with Gasteiger partial charge < -0.3 is 4.74 Å². The van der Waals surface area contributed by atoms with Gasteiger partial charge in [0.2, 0.25) is 0 Å². The van der Waals surface area contributed by atoms with Gasteiger partial charge in [-0.1, -0.05) is 6.07 Å². The molecule has 2 heteroatoms. The fourth-order valence-electron chi connectivity index (χ4n) is 2.95. The molecule has 88 valence electrons. The lowest BCUT2D eigenvalue weighted by atomic mass is 9.74. The van der Waals surface area contributed by atoms with Gasteiger partial charge in [0.25, 0.3) is 0 Å². The highest BCUT2D eigenvalue weighted by Crippen LogP contribution is 2.41. The molecule has 0 heterocycles. The molecule has 0 radical (unpaired) electrons. The monoisotopic (exact) mass is 228 g/mol. The van der Waals surface area contributed by atoms with Gasteiger partial charge in [0, 0.05) is 6.42 Å². The van der Waals surface area contributed by atoms with Crippen molar-refractivity contribution in [2.75, 3.05) is 7.11 Å². The first kappa shape index (κ1) is 10.6. The van der Waals surface area contributed by atoms with E-state index in [0.717, 1.165) is 25.0 Å². The first-order valence-corrected chi connectivity index (χ1v) is 6.19. The van der Waals surface area contributed by atoms with Crippen molar-refractivity contribution in [3.63, 3.8) is 0 Å². The number of methoxy groups -OCH3 is 1. The third-order valence-corrected chi connectivity index (χ3v) is 3.88. The molecule has 1 atom stereocenters. The summed E-state index contributed by atoms with van der Waals surface area (Å²) in [5.41, 5.74) is 3.84. The van der Waals surface area contributed by atoms with E-state index in [9.17, 15) is 4.79 Å². The molecule has 0 aliphatic heterocycles. The summed E-state index contributed by atoms with van der Waals surface area (Å²) < 4.78 is 5.25. The number of hydrogen-bond acceptors (Lipinski definition) is 2. The molecule has 0 saturated carbocycles. The Balaban J connectivity index is 2.08. The quantitative estimate of drug-likeness (QED) is 0.738. The van der Waals surface area contributed by atoms with Gasteiger partial charge in [-0.25, -0.2) is 0 Å². The van der Waals surface area contributed by atoms with Crippen LogP contribution in [0.2, 0.25) is 0 Å². The number of ketones is 1. The highest BCUT2D eigenvalue weighted by atomic mass is 16.5. The van der Waals surface area contributed by atoms with Crippen LogP contribution < -0.4 is 4.74 Å². The zero-order valence-corrected chi connectivity index (χ0v) is 10.0. The lowest BCUT2D eigenvalue weighted by molar-refractivity contribution is -0.115. The van der Waals surface area contributed by atoms with E-state index in [-0.39, 0.29) is 5.78 Å². The van der Waals surface area contributed by atoms with Crippen molar-refractivity contribution in [2.24, 2.45) is 5.92 Å². The molecular weight excluding hydrogens is 212 g/mol. The molecule has 0 spiro atoms. The predicted octanol–water partition coefficient (Wildman–Crippen LogP) is 3.00. The van der Waals surface area contributed by atoms with E-state index < -0.39 is 0 Å². The molecule has 0 N–H and O–H groups in total. The van der Waals surface area contributed by atoms with E-state index in [1.165, 1.54) is 23.1 Å². The van der Waals surface area contributed by atoms with E-state index in [2.05, 4.69) is 12.1 Å². The van der Waals surface area contributed by atoms with Crippen LogP contribution in [0.5, 0.6) is 5.75 Å². The number of aryl methyl sites for hydroxylation is 1. The summed E-state index contributed by atoms with van der Waals surface area (Å²) in [7, 11) is 1.69. The Hall–Kier alpha value is -1.57. The van der Waals surface area contributed by atoms with Crippen LogP contribution in [-0.4, -0.2) is 12.9 Å². The van der Waals surface area contributed by atoms with Crippen LogP contribution in [0.3, 0.4) is 0 Å². The van der Waals surface area contributed by atoms with Crippen molar-refractivity contribution >= 4 is 11.4 Å². The van der Waals surface area contributed by atoms with Gasteiger partial charge in [0.15, 0.2) is 5.78 Å². The smallest absolute Gasteiger partial charge is 0.156 e. The third-order valence-electron chi connectivity index (χ3n) is 3.88. The summed E-state index contributed by atoms with van der Waals surface area (Å²) in [6.45, 7) is 0. The molecule has 0 amide bonds. The summed E-state index contributed by atoms with van der Waals surface area (Å²) in [5, 5.41) is 0. The Morgan fingerprint density at radius 1 is 1.24 bits per heavy atom. The van der Waals surface area contributed by atoms with Gasteiger partial charge >= 0.3 is 0 Å². The standard InChI is InChI=1S/C15H16O2/c1-17-13-6-7-14-11(8-13)3-2-10-4-5-12(16)9-15(10)14/h6-10H,2-5H2,1H3/t10-/m0/s1. The van der Waals surface area contributed by atoms with Crippen molar-refractivity contribution in [1.82, 2.24) is 0 Å². The highest BCUT2D eigenvalue weighted by molar-refractivity contribution is 5.99. The highest BCUT2D eigenvalue weighted by Gasteiger charge is 2.27. The second kappa shape index (κ2) is 4.02. The Labute approximate surface area is 101 Å². The second-order valence-electron chi connectivity index (χ2n) is 4.86. The number of fused-ring (bicyclic) bond motifs is 3. The van der Waals surface area contributed by atoms with Crippen molar-refractivity contribution < 1.29 is 9.53 Å². The minimum Gasteiger partial charge on any atom is -0.497 e. The van der Waals surface area contributed by atoms with Crippen molar-refractivity contribution in [3.05, 3.63) is 35.4 Å². The van der Waals surface area contributed by atoms with Crippen LogP contribution in [0.4, 0.5) is 0 Å². The zero-order chi connectivity index (χ0) is 11.8. The van der Waals surface area contributed by atoms with Gasteiger partial charge in [-0.2, -0.15) is 0 Å². The van der Waals surface area contributed by atoms with E-state index in [1.807, 2.05) is 12.1 Å². The van der Waals surface area contributed by atoms with Crippen LogP contribution in [0.1, 0.15) is 30.4 Å². The van der Waals surface area contributed by atoms with Crippen LogP contribution in [0.15, 0.2) is 24.3 Å². The summed E-state index contributed by atoms with van der Waals surface area (Å²) in [4.78, 5) is 11.5. The number of allylic oxidation sites excluding steroid dienone is 2. The summed E-state index contributed by atoms with van der Waals surface area (Å²) in [5.74, 6) is 1.78. The van der Waals surface area contributed by atoms with Crippen molar-refractivity contribution in [3.8, 4) is 5.75 Å². The maximum atomic E-state index is 11.5. The Morgan fingerprint density at radius 3 is 2.88 bits per heavy atom. The predicted molar refractivity (Wildman–Crippen MR) is 67.0 cm³/mol. The molecule has 0 aromatic heterocycles. The van der Waals surface area contributed by atoms with Crippen LogP contribution in [0, 0.1) is 5.92 Å². The number of carbonyl (C=O) groups excluding carboxylic acids is 1. The minimum atomic E-state index is 0.278. The van der Waals surface area contributed by atoms with Gasteiger partial charge in [-0.3, -0.25) is 4.79 Å². The maximum absolute atomic E-state index is 11.5. The fraction of sp³-hybridized carbons (Fsp3) is 0.400. The molecule has 0 bridgehead atoms. The number of benzene rings is 1. The molecule has 0 fully saturated rings. The van der Waals surface area contributed by atoms with E-state index >= 15 is 0 Å². The first-order valence-electron chi connectivity index (χ1n) is 6.19. The van der Waals surface area contributed by atoms with E-state index in [0.29, 0.717) is 5.92 Å². The molecule has 2 aliphatic rings. The van der Waals surface area contributed by atoms with Crippen molar-refractivity contribution in [1.29, 1.82) is 0 Å². The normalized spacial score (nSPS) is 22.5. The van der Waals surface area contributed by atoms with E-state index in [4.69, 9.17) is 4.74 Å². The Morgan fingerprint density at radius 2 is 2.06 bits per heavy atom. The summed E-state index contributed by atoms with van der Waals surface area (Å²) in [6.07, 6.45) is 5.87. The van der Waals surface area contributed by atoms with E-state index in [1.54, 1.807) is 7.11 Å². The molecule has 0 unspecified atom stereocenters. The van der Waals surface area contributed by atoms with Crippen LogP contribution in [-0.2, 0) is 11.2 Å². The number of ether oxygens (including phenoxy) is 1. The summed E-state index contributed by atoms with van der Waals surface area (Å²) >= 11 is 0. The zero-order valence-electron chi connectivity index (χ0n) is 10.0. The molecule has 2 aliphatic carbocycles. The topological polar surface area (TPSA) is 26.3 Å². The SMILES string of the molecule is COc1ccc2c(c1)CC[C@H]1CCC(=O)C=C21. The Bertz CT molecular complexity index is 500. The molecular formula is C15H16O2. The van der Waals surface area contributed by atoms with Crippen molar-refractivity contribution in [2.45, 2.75) is 25.7 Å². The minimum absolute atomic E-state index is 0.278. The average Bonchev–Trinajstić information content (AvgIpc) is 2.37. The number of rotatable bonds is 1. The number of hydrogen-bond donors (Lipinski definition) is 0. The van der Waals surface area contributed by atoms with Gasteiger partial charge in [0.1, 0.15) is 5.75 Å². The van der Waals surface area contributed by atoms with Crippen LogP contribution in [0.25, 0.3) is 5.57 Å². The van der Waals surface area contributed by atoms with Gasteiger partial charge in [-0.15, -0.1) is 0 Å². The van der Waals surface area contributed by atoms with Gasteiger partial charge in [0.05, 0.1) is 7.11 Å². The Kier molecular flexibility index (Phi) is 2.50. The summed E-state index contributed by atoms with van der Waals surface area (Å²) in [6, 6.07) is 6.19. The molecule has 17 heavy (non-hydrogen) atoms. The average molecular weight is 228 g/mol. The lowest BCUT2D eigenvalue weighted by Crippen LogP contribution is -2.19. The van der Waals surface area contributed by atoms with Gasteiger partial charge in [-0.05, 0) is 60.1 Å². The maximum Gasteiger partial charge on any atom is 0.156 e. The third kappa shape index (κ3) is 1.78. The molecule has 2 nitrogen and oxygen atoms in total. The fourth-order valence-corrected chi connectivity index (χ4v) is 2.95. The molecule has 0 saturated heterocycles. The second-order valence-corrected chi connectivity index (χ2v) is 4.86. The lowest BCUT2D eigenvalue weighted by Gasteiger charge is -2.30. The largest absolute Gasteiger partial charge is 0.497 e.